The van der Waals surface area contributed by atoms with E-state index in [1.165, 1.54) is 0 Å². The summed E-state index contributed by atoms with van der Waals surface area (Å²) in [6.07, 6.45) is 5.63. The molecule has 4 nitrogen and oxygen atoms in total. The SMILES string of the molecule is CC1CCC(C(=O)O)C(Cc2ccn(C(C)C)n2)C1. The first-order valence-corrected chi connectivity index (χ1v) is 7.24. The van der Waals surface area contributed by atoms with E-state index in [9.17, 15) is 9.90 Å². The number of hydrogen-bond acceptors (Lipinski definition) is 2. The summed E-state index contributed by atoms with van der Waals surface area (Å²) in [4.78, 5) is 11.3. The minimum Gasteiger partial charge on any atom is -0.481 e. The number of rotatable bonds is 4. The van der Waals surface area contributed by atoms with Gasteiger partial charge in [0.2, 0.25) is 0 Å². The van der Waals surface area contributed by atoms with Crippen LogP contribution in [0.25, 0.3) is 0 Å². The van der Waals surface area contributed by atoms with Crippen molar-refractivity contribution in [3.05, 3.63) is 18.0 Å². The Morgan fingerprint density at radius 1 is 1.53 bits per heavy atom. The highest BCUT2D eigenvalue weighted by molar-refractivity contribution is 5.70. The van der Waals surface area contributed by atoms with Gasteiger partial charge in [0.15, 0.2) is 0 Å². The van der Waals surface area contributed by atoms with Crippen molar-refractivity contribution >= 4 is 5.97 Å². The third kappa shape index (κ3) is 3.37. The lowest BCUT2D eigenvalue weighted by molar-refractivity contribution is -0.145. The highest BCUT2D eigenvalue weighted by Gasteiger charge is 2.33. The van der Waals surface area contributed by atoms with E-state index in [0.717, 1.165) is 31.4 Å². The number of hydrogen-bond donors (Lipinski definition) is 1. The van der Waals surface area contributed by atoms with Gasteiger partial charge in [-0.2, -0.15) is 5.10 Å². The highest BCUT2D eigenvalue weighted by Crippen LogP contribution is 2.35. The molecule has 4 heteroatoms. The second kappa shape index (κ2) is 5.76. The smallest absolute Gasteiger partial charge is 0.306 e. The normalized spacial score (nSPS) is 27.7. The fourth-order valence-electron chi connectivity index (χ4n) is 3.09. The molecule has 1 aromatic heterocycles. The topological polar surface area (TPSA) is 55.1 Å². The Morgan fingerprint density at radius 2 is 2.26 bits per heavy atom. The summed E-state index contributed by atoms with van der Waals surface area (Å²) in [6, 6.07) is 2.38. The van der Waals surface area contributed by atoms with E-state index >= 15 is 0 Å². The minimum absolute atomic E-state index is 0.194. The van der Waals surface area contributed by atoms with Crippen LogP contribution >= 0.6 is 0 Å². The Balaban J connectivity index is 2.07. The number of carboxylic acid groups (broad SMARTS) is 1. The maximum absolute atomic E-state index is 11.3. The number of aromatic nitrogens is 2. The zero-order chi connectivity index (χ0) is 14.0. The van der Waals surface area contributed by atoms with Crippen LogP contribution in [-0.2, 0) is 11.2 Å². The van der Waals surface area contributed by atoms with E-state index in [1.807, 2.05) is 16.9 Å². The van der Waals surface area contributed by atoms with Crippen LogP contribution in [0.1, 0.15) is 51.8 Å². The summed E-state index contributed by atoms with van der Waals surface area (Å²) >= 11 is 0. The molecule has 3 atom stereocenters. The Hall–Kier alpha value is -1.32. The molecule has 0 aliphatic heterocycles. The van der Waals surface area contributed by atoms with Gasteiger partial charge in [-0.25, -0.2) is 0 Å². The first kappa shape index (κ1) is 14.1. The van der Waals surface area contributed by atoms with Crippen molar-refractivity contribution in [3.8, 4) is 0 Å². The Kier molecular flexibility index (Phi) is 4.27. The average molecular weight is 264 g/mol. The molecule has 0 bridgehead atoms. The molecule has 1 saturated carbocycles. The zero-order valence-corrected chi connectivity index (χ0v) is 12.0. The maximum atomic E-state index is 11.3. The second-order valence-corrected chi connectivity index (χ2v) is 6.21. The van der Waals surface area contributed by atoms with Crippen molar-refractivity contribution in [3.63, 3.8) is 0 Å². The van der Waals surface area contributed by atoms with Gasteiger partial charge in [-0.3, -0.25) is 9.48 Å². The minimum atomic E-state index is -0.639. The molecule has 0 aromatic carbocycles. The molecular formula is C15H24N2O2. The molecule has 0 spiro atoms. The van der Waals surface area contributed by atoms with Crippen molar-refractivity contribution in [2.24, 2.45) is 17.8 Å². The first-order chi connectivity index (χ1) is 8.97. The second-order valence-electron chi connectivity index (χ2n) is 6.21. The van der Waals surface area contributed by atoms with E-state index in [4.69, 9.17) is 0 Å². The van der Waals surface area contributed by atoms with Crippen LogP contribution in [0, 0.1) is 17.8 Å². The summed E-state index contributed by atoms with van der Waals surface area (Å²) < 4.78 is 1.94. The van der Waals surface area contributed by atoms with Gasteiger partial charge in [-0.05, 0) is 57.4 Å². The van der Waals surface area contributed by atoms with Crippen LogP contribution in [0.3, 0.4) is 0 Å². The number of aliphatic carboxylic acids is 1. The molecule has 1 fully saturated rings. The molecule has 0 saturated heterocycles. The Bertz CT molecular complexity index is 439. The molecule has 1 aromatic rings. The lowest BCUT2D eigenvalue weighted by Gasteiger charge is -2.32. The van der Waals surface area contributed by atoms with E-state index in [1.54, 1.807) is 0 Å². The summed E-state index contributed by atoms with van der Waals surface area (Å²) in [5.74, 6) is 0.0325. The van der Waals surface area contributed by atoms with Crippen molar-refractivity contribution < 1.29 is 9.90 Å². The van der Waals surface area contributed by atoms with Crippen LogP contribution in [0.5, 0.6) is 0 Å². The largest absolute Gasteiger partial charge is 0.481 e. The first-order valence-electron chi connectivity index (χ1n) is 7.24. The fourth-order valence-corrected chi connectivity index (χ4v) is 3.09. The summed E-state index contributed by atoms with van der Waals surface area (Å²) in [5.41, 5.74) is 1.03. The van der Waals surface area contributed by atoms with Crippen molar-refractivity contribution in [2.75, 3.05) is 0 Å². The average Bonchev–Trinajstić information content (AvgIpc) is 2.77. The van der Waals surface area contributed by atoms with Gasteiger partial charge < -0.3 is 5.11 Å². The van der Waals surface area contributed by atoms with Crippen molar-refractivity contribution in [2.45, 2.75) is 52.5 Å². The molecule has 0 radical (unpaired) electrons. The maximum Gasteiger partial charge on any atom is 0.306 e. The summed E-state index contributed by atoms with van der Waals surface area (Å²) in [6.45, 7) is 6.41. The molecule has 1 heterocycles. The molecule has 1 aliphatic rings. The van der Waals surface area contributed by atoms with Crippen LogP contribution in [0.4, 0.5) is 0 Å². The molecule has 3 unspecified atom stereocenters. The predicted octanol–water partition coefficient (Wildman–Crippen LogP) is 3.14. The van der Waals surface area contributed by atoms with Crippen molar-refractivity contribution in [1.29, 1.82) is 0 Å². The summed E-state index contributed by atoms with van der Waals surface area (Å²) in [5, 5.41) is 13.9. The van der Waals surface area contributed by atoms with Crippen LogP contribution in [-0.4, -0.2) is 20.9 Å². The molecule has 1 N–H and O–H groups in total. The van der Waals surface area contributed by atoms with Crippen LogP contribution < -0.4 is 0 Å². The van der Waals surface area contributed by atoms with Crippen molar-refractivity contribution in [1.82, 2.24) is 9.78 Å². The lowest BCUT2D eigenvalue weighted by Crippen LogP contribution is -2.31. The summed E-state index contributed by atoms with van der Waals surface area (Å²) in [7, 11) is 0. The third-order valence-corrected chi connectivity index (χ3v) is 4.23. The van der Waals surface area contributed by atoms with Gasteiger partial charge in [0, 0.05) is 12.2 Å². The number of carbonyl (C=O) groups is 1. The Labute approximate surface area is 114 Å². The quantitative estimate of drug-likeness (QED) is 0.909. The number of nitrogens with zero attached hydrogens (tertiary/aromatic N) is 2. The van der Waals surface area contributed by atoms with Crippen LogP contribution in [0.2, 0.25) is 0 Å². The van der Waals surface area contributed by atoms with Gasteiger partial charge in [0.05, 0.1) is 11.6 Å². The van der Waals surface area contributed by atoms with E-state index in [-0.39, 0.29) is 11.8 Å². The number of carboxylic acids is 1. The molecule has 2 rings (SSSR count). The molecule has 0 amide bonds. The highest BCUT2D eigenvalue weighted by atomic mass is 16.4. The van der Waals surface area contributed by atoms with Crippen LogP contribution in [0.15, 0.2) is 12.3 Å². The van der Waals surface area contributed by atoms with Gasteiger partial charge in [-0.1, -0.05) is 6.92 Å². The standard InChI is InChI=1S/C15H24N2O2/c1-10(2)17-7-6-13(16-17)9-12-8-11(3)4-5-14(12)15(18)19/h6-7,10-12,14H,4-5,8-9H2,1-3H3,(H,18,19). The molecule has 1 aliphatic carbocycles. The van der Waals surface area contributed by atoms with Gasteiger partial charge >= 0.3 is 5.97 Å². The fraction of sp³-hybridized carbons (Fsp3) is 0.733. The zero-order valence-electron chi connectivity index (χ0n) is 12.0. The predicted molar refractivity (Wildman–Crippen MR) is 73.9 cm³/mol. The van der Waals surface area contributed by atoms with Gasteiger partial charge in [-0.15, -0.1) is 0 Å². The Morgan fingerprint density at radius 3 is 2.84 bits per heavy atom. The van der Waals surface area contributed by atoms with Gasteiger partial charge in [0.25, 0.3) is 0 Å². The molecular weight excluding hydrogens is 240 g/mol. The molecule has 19 heavy (non-hydrogen) atoms. The third-order valence-electron chi connectivity index (χ3n) is 4.23. The van der Waals surface area contributed by atoms with E-state index in [0.29, 0.717) is 12.0 Å². The van der Waals surface area contributed by atoms with E-state index < -0.39 is 5.97 Å². The van der Waals surface area contributed by atoms with E-state index in [2.05, 4.69) is 25.9 Å². The monoisotopic (exact) mass is 264 g/mol. The lowest BCUT2D eigenvalue weighted by atomic mass is 9.73. The molecule has 106 valence electrons. The van der Waals surface area contributed by atoms with Gasteiger partial charge in [0.1, 0.15) is 0 Å².